The van der Waals surface area contributed by atoms with Gasteiger partial charge >= 0.3 is 0 Å². The Morgan fingerprint density at radius 3 is 2.00 bits per heavy atom. The van der Waals surface area contributed by atoms with Crippen LogP contribution in [0.2, 0.25) is 0 Å². The molecule has 0 bridgehead atoms. The van der Waals surface area contributed by atoms with Crippen molar-refractivity contribution in [1.29, 1.82) is 0 Å². The maximum absolute atomic E-state index is 5.63. The second-order valence-electron chi connectivity index (χ2n) is 3.54. The number of rotatable bonds is 8. The summed E-state index contributed by atoms with van der Waals surface area (Å²) in [5.41, 5.74) is 0. The van der Waals surface area contributed by atoms with Crippen LogP contribution in [0.1, 0.15) is 34.6 Å². The van der Waals surface area contributed by atoms with Gasteiger partial charge in [-0.05, 0) is 34.6 Å². The van der Waals surface area contributed by atoms with Gasteiger partial charge in [0.1, 0.15) is 13.1 Å². The predicted molar refractivity (Wildman–Crippen MR) is 70.0 cm³/mol. The molecule has 16 heavy (non-hydrogen) atoms. The Bertz CT molecular complexity index is 224. The molecular weight excluding hydrogens is 200 g/mol. The van der Waals surface area contributed by atoms with Crippen LogP contribution in [0.25, 0.3) is 0 Å². The third-order valence-electron chi connectivity index (χ3n) is 2.56. The number of hydrogen-bond donors (Lipinski definition) is 0. The third-order valence-corrected chi connectivity index (χ3v) is 2.56. The molecule has 0 rings (SSSR count). The van der Waals surface area contributed by atoms with Crippen molar-refractivity contribution in [3.8, 4) is 0 Å². The van der Waals surface area contributed by atoms with Gasteiger partial charge in [0.2, 0.25) is 6.21 Å². The van der Waals surface area contributed by atoms with Gasteiger partial charge in [-0.1, -0.05) is 0 Å². The van der Waals surface area contributed by atoms with Gasteiger partial charge < -0.3 is 9.64 Å². The van der Waals surface area contributed by atoms with Crippen molar-refractivity contribution in [3.63, 3.8) is 0 Å². The van der Waals surface area contributed by atoms with Crippen LogP contribution in [0.15, 0.2) is 12.0 Å². The lowest BCUT2D eigenvalue weighted by Gasteiger charge is -2.16. The highest BCUT2D eigenvalue weighted by Crippen LogP contribution is 1.98. The predicted octanol–water partition coefficient (Wildman–Crippen LogP) is 2.33. The molecule has 0 aromatic heterocycles. The Balaban J connectivity index is 4.76. The van der Waals surface area contributed by atoms with E-state index >= 15 is 0 Å². The lowest BCUT2D eigenvalue weighted by atomic mass is 10.4. The molecule has 0 spiro atoms. The van der Waals surface area contributed by atoms with Gasteiger partial charge in [0.25, 0.3) is 0 Å². The van der Waals surface area contributed by atoms with Crippen LogP contribution in [0.5, 0.6) is 0 Å². The van der Waals surface area contributed by atoms with Crippen LogP contribution in [0, 0.1) is 0 Å². The average Bonchev–Trinajstić information content (AvgIpc) is 2.32. The summed E-state index contributed by atoms with van der Waals surface area (Å²) < 4.78 is 7.87. The van der Waals surface area contributed by atoms with Crippen LogP contribution in [0.4, 0.5) is 0 Å². The van der Waals surface area contributed by atoms with Crippen LogP contribution in [-0.2, 0) is 4.74 Å². The highest BCUT2D eigenvalue weighted by Gasteiger charge is 2.04. The minimum atomic E-state index is 0.713. The lowest BCUT2D eigenvalue weighted by Crippen LogP contribution is -2.19. The fourth-order valence-corrected chi connectivity index (χ4v) is 1.45. The van der Waals surface area contributed by atoms with Crippen LogP contribution < -0.4 is 0 Å². The zero-order valence-corrected chi connectivity index (χ0v) is 11.5. The van der Waals surface area contributed by atoms with E-state index in [9.17, 15) is 0 Å². The number of hydrogen-bond acceptors (Lipinski definition) is 2. The first-order valence-electron chi connectivity index (χ1n) is 6.39. The molecule has 94 valence electrons. The molecule has 0 amide bonds. The van der Waals surface area contributed by atoms with Gasteiger partial charge in [-0.25, -0.2) is 4.58 Å². The van der Waals surface area contributed by atoms with Crippen LogP contribution >= 0.6 is 0 Å². The molecule has 0 radical (unpaired) electrons. The Morgan fingerprint density at radius 1 is 1.06 bits per heavy atom. The summed E-state index contributed by atoms with van der Waals surface area (Å²) in [5, 5.41) is 0. The van der Waals surface area contributed by atoms with Crippen molar-refractivity contribution in [1.82, 2.24) is 4.90 Å². The lowest BCUT2D eigenvalue weighted by molar-refractivity contribution is -0.516. The van der Waals surface area contributed by atoms with Crippen LogP contribution in [-0.4, -0.2) is 48.5 Å². The smallest absolute Gasteiger partial charge is 0.207 e. The molecule has 0 aliphatic carbocycles. The average molecular weight is 227 g/mol. The molecule has 0 aliphatic rings. The Morgan fingerprint density at radius 2 is 1.62 bits per heavy atom. The van der Waals surface area contributed by atoms with E-state index in [0.29, 0.717) is 6.61 Å². The van der Waals surface area contributed by atoms with Gasteiger partial charge in [0.05, 0.1) is 6.61 Å². The summed E-state index contributed by atoms with van der Waals surface area (Å²) in [5.74, 6) is 0.954. The molecule has 0 aromatic rings. The Labute approximate surface area is 100 Å². The zero-order chi connectivity index (χ0) is 12.4. The highest BCUT2D eigenvalue weighted by molar-refractivity contribution is 5.71. The molecule has 3 heteroatoms. The van der Waals surface area contributed by atoms with Gasteiger partial charge in [0.15, 0.2) is 5.76 Å². The van der Waals surface area contributed by atoms with Crippen LogP contribution in [0.3, 0.4) is 0 Å². The summed E-state index contributed by atoms with van der Waals surface area (Å²) in [6.07, 6.45) is 4.20. The second kappa shape index (κ2) is 9.25. The molecule has 0 atom stereocenters. The molecule has 0 aromatic carbocycles. The first kappa shape index (κ1) is 15.0. The van der Waals surface area contributed by atoms with E-state index in [1.54, 1.807) is 0 Å². The maximum atomic E-state index is 5.63. The van der Waals surface area contributed by atoms with Crippen molar-refractivity contribution < 1.29 is 9.31 Å². The molecule has 0 fully saturated rings. The van der Waals surface area contributed by atoms with E-state index in [-0.39, 0.29) is 0 Å². The van der Waals surface area contributed by atoms with Crippen molar-refractivity contribution in [2.24, 2.45) is 0 Å². The van der Waals surface area contributed by atoms with E-state index in [2.05, 4.69) is 49.6 Å². The topological polar surface area (TPSA) is 15.5 Å². The van der Waals surface area contributed by atoms with Gasteiger partial charge in [-0.3, -0.25) is 0 Å². The molecule has 0 unspecified atom stereocenters. The maximum Gasteiger partial charge on any atom is 0.207 e. The molecule has 0 heterocycles. The monoisotopic (exact) mass is 227 g/mol. The Kier molecular flexibility index (Phi) is 8.68. The van der Waals surface area contributed by atoms with E-state index in [4.69, 9.17) is 4.74 Å². The van der Waals surface area contributed by atoms with Gasteiger partial charge in [-0.2, -0.15) is 0 Å². The standard InChI is InChI=1S/C13H27N2O/c1-6-14(7-2)11-13(16-10-5)12-15(8-3)9-4/h11-12H,6-10H2,1-5H3/q+1. The van der Waals surface area contributed by atoms with E-state index in [1.807, 2.05) is 6.92 Å². The third kappa shape index (κ3) is 5.79. The molecule has 0 saturated carbocycles. The summed E-state index contributed by atoms with van der Waals surface area (Å²) in [4.78, 5) is 2.24. The molecule has 0 saturated heterocycles. The quantitative estimate of drug-likeness (QED) is 0.359. The fourth-order valence-electron chi connectivity index (χ4n) is 1.45. The first-order valence-corrected chi connectivity index (χ1v) is 6.39. The second-order valence-corrected chi connectivity index (χ2v) is 3.54. The van der Waals surface area contributed by atoms with Crippen molar-refractivity contribution in [2.75, 3.05) is 32.8 Å². The molecular formula is C13H27N2O+. The molecule has 3 nitrogen and oxygen atoms in total. The first-order chi connectivity index (χ1) is 7.71. The number of nitrogens with zero attached hydrogens (tertiary/aromatic N) is 2. The largest absolute Gasteiger partial charge is 0.487 e. The summed E-state index contributed by atoms with van der Waals surface area (Å²) in [6, 6.07) is 0. The summed E-state index contributed by atoms with van der Waals surface area (Å²) in [7, 11) is 0. The number of ether oxygens (including phenoxy) is 1. The van der Waals surface area contributed by atoms with E-state index in [0.717, 1.165) is 31.9 Å². The zero-order valence-electron chi connectivity index (χ0n) is 11.5. The highest BCUT2D eigenvalue weighted by atomic mass is 16.5. The molecule has 0 aliphatic heterocycles. The summed E-state index contributed by atoms with van der Waals surface area (Å²) in [6.45, 7) is 15.4. The number of allylic oxidation sites excluding steroid dienone is 1. The minimum Gasteiger partial charge on any atom is -0.487 e. The van der Waals surface area contributed by atoms with E-state index in [1.165, 1.54) is 0 Å². The fraction of sp³-hybridized carbons (Fsp3) is 0.769. The SMILES string of the molecule is CCO/C(C=[N+](CC)CC)=C\N(CC)CC. The van der Waals surface area contributed by atoms with Crippen molar-refractivity contribution in [2.45, 2.75) is 34.6 Å². The van der Waals surface area contributed by atoms with Crippen molar-refractivity contribution >= 4 is 6.21 Å². The molecule has 0 N–H and O–H groups in total. The van der Waals surface area contributed by atoms with Gasteiger partial charge in [0, 0.05) is 19.3 Å². The van der Waals surface area contributed by atoms with E-state index < -0.39 is 0 Å². The van der Waals surface area contributed by atoms with Crippen molar-refractivity contribution in [3.05, 3.63) is 12.0 Å². The summed E-state index contributed by atoms with van der Waals surface area (Å²) >= 11 is 0. The van der Waals surface area contributed by atoms with Gasteiger partial charge in [-0.15, -0.1) is 0 Å². The Hall–Kier alpha value is -0.990. The minimum absolute atomic E-state index is 0.713. The normalized spacial score (nSPS) is 11.2.